The van der Waals surface area contributed by atoms with Gasteiger partial charge in [-0.1, -0.05) is 0 Å². The first kappa shape index (κ1) is 17.0. The van der Waals surface area contributed by atoms with E-state index in [4.69, 9.17) is 10.8 Å². The molecule has 0 aliphatic carbocycles. The molecule has 0 bridgehead atoms. The minimum atomic E-state index is -4.72. The third-order valence-electron chi connectivity index (χ3n) is 2.77. The fourth-order valence-electron chi connectivity index (χ4n) is 1.76. The van der Waals surface area contributed by atoms with E-state index in [0.717, 1.165) is 5.56 Å². The number of benzene rings is 1. The van der Waals surface area contributed by atoms with Gasteiger partial charge in [-0.2, -0.15) is 0 Å². The standard InChI is InChI=1S/C13H12ClNO6Se/c1-8-2-4-9(5-3-8)11-7-6-10(13(16)17)12(15)22(11)21-14(18,19)20/h2-7H,15H2,1H3,(H,16,17). The maximum atomic E-state index is 11.1. The second-order valence-corrected chi connectivity index (χ2v) is 9.00. The van der Waals surface area contributed by atoms with Gasteiger partial charge in [0.15, 0.2) is 0 Å². The predicted molar refractivity (Wildman–Crippen MR) is 70.9 cm³/mol. The Morgan fingerprint density at radius 1 is 1.23 bits per heavy atom. The molecule has 0 saturated heterocycles. The summed E-state index contributed by atoms with van der Waals surface area (Å²) in [5.41, 5.74) is 7.09. The summed E-state index contributed by atoms with van der Waals surface area (Å²) in [6.07, 6.45) is 2.69. The Morgan fingerprint density at radius 3 is 2.32 bits per heavy atom. The van der Waals surface area contributed by atoms with Crippen molar-refractivity contribution in [2.75, 3.05) is 0 Å². The van der Waals surface area contributed by atoms with Crippen LogP contribution >= 0.6 is 0 Å². The molecule has 0 radical (unpaired) electrons. The molecule has 118 valence electrons. The Labute approximate surface area is 132 Å². The number of halogens is 1. The fraction of sp³-hybridized carbons (Fsp3) is 0.0769. The van der Waals surface area contributed by atoms with Crippen molar-refractivity contribution in [1.29, 1.82) is 0 Å². The number of aliphatic carboxylic acids is 1. The van der Waals surface area contributed by atoms with Gasteiger partial charge in [0.1, 0.15) is 0 Å². The maximum absolute atomic E-state index is 11.1. The van der Waals surface area contributed by atoms with E-state index < -0.39 is 30.0 Å². The normalized spacial score (nSPS) is 18.8. The molecule has 9 heteroatoms. The number of rotatable bonds is 4. The zero-order valence-electron chi connectivity index (χ0n) is 11.3. The molecule has 0 amide bonds. The second-order valence-electron chi connectivity index (χ2n) is 4.36. The fourth-order valence-corrected chi connectivity index (χ4v) is 6.26. The molecule has 1 heterocycles. The van der Waals surface area contributed by atoms with Crippen molar-refractivity contribution >= 4 is 28.8 Å². The van der Waals surface area contributed by atoms with Crippen LogP contribution < -0.4 is 19.7 Å². The van der Waals surface area contributed by atoms with Crippen LogP contribution in [-0.2, 0) is 8.17 Å². The molecule has 2 rings (SSSR count). The molecule has 22 heavy (non-hydrogen) atoms. The summed E-state index contributed by atoms with van der Waals surface area (Å²) >= 11 is -2.96. The van der Waals surface area contributed by atoms with Crippen molar-refractivity contribution in [3.05, 3.63) is 53.1 Å². The van der Waals surface area contributed by atoms with Gasteiger partial charge in [-0.25, -0.2) is 0 Å². The summed E-state index contributed by atoms with van der Waals surface area (Å²) in [6.45, 7) is 1.88. The molecule has 0 spiro atoms. The molecule has 0 aromatic heterocycles. The minimum absolute atomic E-state index is 0.225. The summed E-state index contributed by atoms with van der Waals surface area (Å²) < 4.78 is 37.5. The summed E-state index contributed by atoms with van der Waals surface area (Å²) in [4.78, 5) is 11.1. The molecule has 0 fully saturated rings. The van der Waals surface area contributed by atoms with Crippen LogP contribution in [0.4, 0.5) is 0 Å². The molecule has 3 N–H and O–H groups in total. The van der Waals surface area contributed by atoms with Crippen LogP contribution in [0.15, 0.2) is 42.0 Å². The van der Waals surface area contributed by atoms with Gasteiger partial charge in [0, 0.05) is 0 Å². The number of nitrogens with two attached hydrogens (primary N) is 1. The monoisotopic (exact) mass is 393 g/mol. The number of hydrogen-bond donors (Lipinski definition) is 2. The Balaban J connectivity index is 2.56. The van der Waals surface area contributed by atoms with Crippen LogP contribution in [0, 0.1) is 17.2 Å². The predicted octanol–water partition coefficient (Wildman–Crippen LogP) is -2.48. The van der Waals surface area contributed by atoms with Gasteiger partial charge in [0.2, 0.25) is 0 Å². The average Bonchev–Trinajstić information content (AvgIpc) is 2.40. The topological polar surface area (TPSA) is 142 Å². The number of carboxylic acids is 1. The van der Waals surface area contributed by atoms with Crippen molar-refractivity contribution in [3.8, 4) is 0 Å². The summed E-state index contributed by atoms with van der Waals surface area (Å²) in [7, 11) is -4.72. The van der Waals surface area contributed by atoms with Crippen molar-refractivity contribution in [2.45, 2.75) is 6.92 Å². The molecule has 1 aromatic carbocycles. The average molecular weight is 393 g/mol. The van der Waals surface area contributed by atoms with Gasteiger partial charge in [-0.05, 0) is 0 Å². The van der Waals surface area contributed by atoms with Crippen LogP contribution in [-0.4, -0.2) is 29.4 Å². The first-order valence-electron chi connectivity index (χ1n) is 5.89. The number of carboxylic acid groups (broad SMARTS) is 1. The molecular weight excluding hydrogens is 381 g/mol. The first-order chi connectivity index (χ1) is 10.2. The molecule has 7 nitrogen and oxygen atoms in total. The summed E-state index contributed by atoms with van der Waals surface area (Å²) in [5.74, 6) is -1.31. The molecule has 1 aliphatic rings. The molecular formula is C13H12ClNO6Se. The quantitative estimate of drug-likeness (QED) is 0.540. The Kier molecular flexibility index (Phi) is 4.96. The van der Waals surface area contributed by atoms with Gasteiger partial charge in [-0.3, -0.25) is 0 Å². The van der Waals surface area contributed by atoms with E-state index in [1.807, 2.05) is 6.92 Å². The van der Waals surface area contributed by atoms with E-state index in [0.29, 0.717) is 10.0 Å². The first-order valence-corrected chi connectivity index (χ1v) is 9.54. The number of allylic oxidation sites excluding steroid dienone is 2. The zero-order valence-corrected chi connectivity index (χ0v) is 13.8. The number of hydrogen-bond acceptors (Lipinski definition) is 6. The van der Waals surface area contributed by atoms with Crippen LogP contribution in [0.25, 0.3) is 4.47 Å². The van der Waals surface area contributed by atoms with Crippen LogP contribution in [0.2, 0.25) is 0 Å². The molecule has 0 saturated carbocycles. The van der Waals surface area contributed by atoms with Gasteiger partial charge in [-0.15, -0.1) is 0 Å². The van der Waals surface area contributed by atoms with Crippen LogP contribution in [0.3, 0.4) is 0 Å². The van der Waals surface area contributed by atoms with Gasteiger partial charge < -0.3 is 0 Å². The number of carbonyl (C=O) groups is 1. The Hall–Kier alpha value is -1.35. The third kappa shape index (κ3) is 3.89. The van der Waals surface area contributed by atoms with Gasteiger partial charge >= 0.3 is 132 Å². The summed E-state index contributed by atoms with van der Waals surface area (Å²) in [6, 6.07) is 7.05. The van der Waals surface area contributed by atoms with E-state index in [-0.39, 0.29) is 10.1 Å². The number of aryl methyl sites for hydroxylation is 1. The Morgan fingerprint density at radius 2 is 1.82 bits per heavy atom. The van der Waals surface area contributed by atoms with E-state index in [1.54, 1.807) is 24.3 Å². The van der Waals surface area contributed by atoms with Crippen molar-refractivity contribution < 1.29 is 37.5 Å². The van der Waals surface area contributed by atoms with E-state index in [9.17, 15) is 18.8 Å². The Bertz CT molecular complexity index is 702. The van der Waals surface area contributed by atoms with Crippen molar-refractivity contribution in [1.82, 2.24) is 0 Å². The molecule has 1 aliphatic heterocycles. The van der Waals surface area contributed by atoms with Crippen LogP contribution in [0.1, 0.15) is 11.1 Å². The third-order valence-corrected chi connectivity index (χ3v) is 7.74. The van der Waals surface area contributed by atoms with Crippen molar-refractivity contribution in [3.63, 3.8) is 0 Å². The molecule has 1 unspecified atom stereocenters. The van der Waals surface area contributed by atoms with Crippen LogP contribution in [0.5, 0.6) is 0 Å². The van der Waals surface area contributed by atoms with E-state index in [1.165, 1.54) is 12.2 Å². The molecule has 1 atom stereocenters. The van der Waals surface area contributed by atoms with Gasteiger partial charge in [0.25, 0.3) is 0 Å². The summed E-state index contributed by atoms with van der Waals surface area (Å²) in [5, 5.41) is 9.05. The van der Waals surface area contributed by atoms with E-state index in [2.05, 4.69) is 3.37 Å². The van der Waals surface area contributed by atoms with E-state index >= 15 is 0 Å². The zero-order chi connectivity index (χ0) is 16.5. The second kappa shape index (κ2) is 6.41. The SMILES string of the molecule is Cc1ccc(C2=CC=C(C(=O)O)C(N)=[Se]2O[Cl+3]([O-])([O-])[O-])cc1. The van der Waals surface area contributed by atoms with Crippen molar-refractivity contribution in [2.24, 2.45) is 5.73 Å². The van der Waals surface area contributed by atoms with Gasteiger partial charge in [0.05, 0.1) is 0 Å². The molecule has 1 aromatic rings.